The van der Waals surface area contributed by atoms with Crippen LogP contribution >= 0.6 is 11.8 Å². The fourth-order valence-corrected chi connectivity index (χ4v) is 3.25. The summed E-state index contributed by atoms with van der Waals surface area (Å²) < 4.78 is 2.07. The number of nitrogens with zero attached hydrogens (tertiary/aromatic N) is 4. The normalized spacial score (nSPS) is 16.5. The van der Waals surface area contributed by atoms with Gasteiger partial charge in [0.1, 0.15) is 5.82 Å². The minimum atomic E-state index is 0.286. The first-order chi connectivity index (χ1) is 10.3. The molecule has 0 unspecified atom stereocenters. The van der Waals surface area contributed by atoms with Crippen molar-refractivity contribution in [3.05, 3.63) is 30.2 Å². The molecule has 2 aromatic heterocycles. The quantitative estimate of drug-likeness (QED) is 0.869. The summed E-state index contributed by atoms with van der Waals surface area (Å²) in [6.07, 6.45) is 6.65. The highest BCUT2D eigenvalue weighted by Crippen LogP contribution is 2.27. The van der Waals surface area contributed by atoms with E-state index < -0.39 is 0 Å². The number of hydrogen-bond acceptors (Lipinski definition) is 4. The zero-order valence-electron chi connectivity index (χ0n) is 12.2. The Bertz CT molecular complexity index is 619. The molecule has 3 rings (SSSR count). The van der Waals surface area contributed by atoms with Gasteiger partial charge in [-0.2, -0.15) is 11.8 Å². The molecule has 0 bridgehead atoms. The van der Waals surface area contributed by atoms with E-state index in [4.69, 9.17) is 0 Å². The second-order valence-electron chi connectivity index (χ2n) is 5.38. The second-order valence-corrected chi connectivity index (χ2v) is 6.37. The Labute approximate surface area is 128 Å². The average Bonchev–Trinajstić information content (AvgIpc) is 2.97. The maximum Gasteiger partial charge on any atom is 0.223 e. The van der Waals surface area contributed by atoms with Gasteiger partial charge in [-0.15, -0.1) is 10.2 Å². The van der Waals surface area contributed by atoms with Crippen LogP contribution in [-0.4, -0.2) is 50.5 Å². The third kappa shape index (κ3) is 3.05. The van der Waals surface area contributed by atoms with Crippen molar-refractivity contribution in [2.24, 2.45) is 0 Å². The van der Waals surface area contributed by atoms with Gasteiger partial charge < -0.3 is 4.90 Å². The number of aromatic nitrogens is 3. The van der Waals surface area contributed by atoms with Gasteiger partial charge in [-0.05, 0) is 31.2 Å². The monoisotopic (exact) mass is 304 g/mol. The van der Waals surface area contributed by atoms with Crippen LogP contribution in [0.5, 0.6) is 0 Å². The van der Waals surface area contributed by atoms with Crippen molar-refractivity contribution in [3.63, 3.8) is 0 Å². The van der Waals surface area contributed by atoms with Crippen molar-refractivity contribution in [3.8, 4) is 0 Å². The van der Waals surface area contributed by atoms with Gasteiger partial charge in [0.15, 0.2) is 5.65 Å². The highest BCUT2D eigenvalue weighted by atomic mass is 32.2. The van der Waals surface area contributed by atoms with Gasteiger partial charge in [0.25, 0.3) is 0 Å². The van der Waals surface area contributed by atoms with Crippen LogP contribution in [0.4, 0.5) is 0 Å². The first-order valence-corrected chi connectivity index (χ1v) is 8.75. The molecule has 0 spiro atoms. The van der Waals surface area contributed by atoms with Crippen molar-refractivity contribution < 1.29 is 4.79 Å². The van der Waals surface area contributed by atoms with Gasteiger partial charge in [-0.3, -0.25) is 9.20 Å². The third-order valence-electron chi connectivity index (χ3n) is 4.07. The molecule has 1 fully saturated rings. The first kappa shape index (κ1) is 14.4. The van der Waals surface area contributed by atoms with Crippen molar-refractivity contribution in [2.75, 3.05) is 25.1 Å². The highest BCUT2D eigenvalue weighted by molar-refractivity contribution is 7.98. The lowest BCUT2D eigenvalue weighted by Crippen LogP contribution is -2.38. The van der Waals surface area contributed by atoms with E-state index in [0.29, 0.717) is 12.3 Å². The van der Waals surface area contributed by atoms with Gasteiger partial charge >= 0.3 is 0 Å². The first-order valence-electron chi connectivity index (χ1n) is 7.36. The van der Waals surface area contributed by atoms with Crippen molar-refractivity contribution in [1.82, 2.24) is 19.5 Å². The summed E-state index contributed by atoms with van der Waals surface area (Å²) in [7, 11) is 0. The van der Waals surface area contributed by atoms with E-state index in [2.05, 4.69) is 14.6 Å². The van der Waals surface area contributed by atoms with Gasteiger partial charge in [0.2, 0.25) is 5.91 Å². The fraction of sp³-hybridized carbons (Fsp3) is 0.533. The number of carbonyl (C=O) groups is 1. The van der Waals surface area contributed by atoms with Crippen LogP contribution in [0.3, 0.4) is 0 Å². The lowest BCUT2D eigenvalue weighted by molar-refractivity contribution is -0.131. The van der Waals surface area contributed by atoms with E-state index in [1.807, 2.05) is 35.6 Å². The Morgan fingerprint density at radius 1 is 1.33 bits per heavy atom. The lowest BCUT2D eigenvalue weighted by Gasteiger charge is -2.31. The van der Waals surface area contributed by atoms with Gasteiger partial charge in [0.05, 0.1) is 0 Å². The Morgan fingerprint density at radius 2 is 2.14 bits per heavy atom. The third-order valence-corrected chi connectivity index (χ3v) is 4.69. The lowest BCUT2D eigenvalue weighted by atomic mass is 9.96. The van der Waals surface area contributed by atoms with E-state index >= 15 is 0 Å². The standard InChI is InChI=1S/C15H20N4OS/c1-21-11-7-14(20)18-9-5-12(6-10-18)15-17-16-13-4-2-3-8-19(13)15/h2-4,8,12H,5-7,9-11H2,1H3. The largest absolute Gasteiger partial charge is 0.343 e. The Morgan fingerprint density at radius 3 is 2.90 bits per heavy atom. The van der Waals surface area contributed by atoms with Gasteiger partial charge in [-0.25, -0.2) is 0 Å². The van der Waals surface area contributed by atoms with E-state index in [0.717, 1.165) is 43.2 Å². The summed E-state index contributed by atoms with van der Waals surface area (Å²) >= 11 is 1.72. The number of piperidine rings is 1. The molecule has 1 saturated heterocycles. The van der Waals surface area contributed by atoms with Crippen LogP contribution in [0.2, 0.25) is 0 Å². The van der Waals surface area contributed by atoms with Crippen molar-refractivity contribution in [1.29, 1.82) is 0 Å². The number of fused-ring (bicyclic) bond motifs is 1. The summed E-state index contributed by atoms with van der Waals surface area (Å²) in [5.41, 5.74) is 0.894. The van der Waals surface area contributed by atoms with Gasteiger partial charge in [0, 0.05) is 37.4 Å². The molecule has 0 radical (unpaired) electrons. The molecule has 3 heterocycles. The molecular formula is C15H20N4OS. The number of likely N-dealkylation sites (tertiary alicyclic amines) is 1. The summed E-state index contributed by atoms with van der Waals surface area (Å²) in [6, 6.07) is 5.94. The zero-order chi connectivity index (χ0) is 14.7. The van der Waals surface area contributed by atoms with E-state index in [9.17, 15) is 4.79 Å². The summed E-state index contributed by atoms with van der Waals surface area (Å²) in [6.45, 7) is 1.67. The van der Waals surface area contributed by atoms with Crippen LogP contribution in [0.15, 0.2) is 24.4 Å². The molecule has 2 aromatic rings. The molecule has 6 heteroatoms. The fourth-order valence-electron chi connectivity index (χ4n) is 2.87. The van der Waals surface area contributed by atoms with E-state index in [-0.39, 0.29) is 5.91 Å². The summed E-state index contributed by atoms with van der Waals surface area (Å²) in [5, 5.41) is 8.56. The minimum absolute atomic E-state index is 0.286. The molecule has 0 saturated carbocycles. The highest BCUT2D eigenvalue weighted by Gasteiger charge is 2.26. The number of amides is 1. The van der Waals surface area contributed by atoms with Crippen LogP contribution in [-0.2, 0) is 4.79 Å². The molecule has 1 aliphatic rings. The number of pyridine rings is 1. The number of hydrogen-bond donors (Lipinski definition) is 0. The maximum absolute atomic E-state index is 12.0. The maximum atomic E-state index is 12.0. The topological polar surface area (TPSA) is 50.5 Å². The van der Waals surface area contributed by atoms with Crippen molar-refractivity contribution in [2.45, 2.75) is 25.2 Å². The summed E-state index contributed by atoms with van der Waals surface area (Å²) in [4.78, 5) is 14.0. The SMILES string of the molecule is CSCCC(=O)N1CCC(c2nnc3ccccn23)CC1. The molecule has 21 heavy (non-hydrogen) atoms. The second kappa shape index (κ2) is 6.47. The number of thioether (sulfide) groups is 1. The van der Waals surface area contributed by atoms with Crippen LogP contribution < -0.4 is 0 Å². The average molecular weight is 304 g/mol. The van der Waals surface area contributed by atoms with Gasteiger partial charge in [-0.1, -0.05) is 6.07 Å². The van der Waals surface area contributed by atoms with Crippen molar-refractivity contribution >= 4 is 23.3 Å². The van der Waals surface area contributed by atoms with E-state index in [1.165, 1.54) is 0 Å². The molecule has 1 amide bonds. The minimum Gasteiger partial charge on any atom is -0.343 e. The molecule has 0 aliphatic carbocycles. The van der Waals surface area contributed by atoms with Crippen LogP contribution in [0, 0.1) is 0 Å². The predicted molar refractivity (Wildman–Crippen MR) is 84.5 cm³/mol. The molecule has 0 aromatic carbocycles. The Hall–Kier alpha value is -1.56. The molecule has 1 aliphatic heterocycles. The summed E-state index contributed by atoms with van der Waals surface area (Å²) in [5.74, 6) is 2.62. The van der Waals surface area contributed by atoms with Crippen LogP contribution in [0.25, 0.3) is 5.65 Å². The Kier molecular flexibility index (Phi) is 4.43. The molecular weight excluding hydrogens is 284 g/mol. The molecule has 112 valence electrons. The van der Waals surface area contributed by atoms with Crippen LogP contribution in [0.1, 0.15) is 31.0 Å². The number of carbonyl (C=O) groups excluding carboxylic acids is 1. The molecule has 0 atom stereocenters. The number of rotatable bonds is 4. The Balaban J connectivity index is 1.64. The zero-order valence-corrected chi connectivity index (χ0v) is 13.1. The predicted octanol–water partition coefficient (Wildman–Crippen LogP) is 2.19. The molecule has 5 nitrogen and oxygen atoms in total. The van der Waals surface area contributed by atoms with E-state index in [1.54, 1.807) is 11.8 Å². The smallest absolute Gasteiger partial charge is 0.223 e. The molecule has 0 N–H and O–H groups in total.